The number of nitrogens with zero attached hydrogens (tertiary/aromatic N) is 3. The SMILES string of the molecule is N#Cc1[nH]nnc1-c1ccccc1-c1ccc(Cl)cc1. The van der Waals surface area contributed by atoms with Crippen LogP contribution in [0, 0.1) is 11.3 Å². The van der Waals surface area contributed by atoms with Gasteiger partial charge in [0.1, 0.15) is 11.8 Å². The lowest BCUT2D eigenvalue weighted by Gasteiger charge is -2.07. The Labute approximate surface area is 120 Å². The summed E-state index contributed by atoms with van der Waals surface area (Å²) in [4.78, 5) is 0. The summed E-state index contributed by atoms with van der Waals surface area (Å²) in [6.45, 7) is 0. The molecule has 3 aromatic rings. The molecule has 1 heterocycles. The van der Waals surface area contributed by atoms with Crippen LogP contribution in [0.3, 0.4) is 0 Å². The van der Waals surface area contributed by atoms with Crippen molar-refractivity contribution in [1.29, 1.82) is 5.26 Å². The van der Waals surface area contributed by atoms with Gasteiger partial charge in [0.2, 0.25) is 0 Å². The lowest BCUT2D eigenvalue weighted by atomic mass is 9.97. The Morgan fingerprint density at radius 1 is 1.00 bits per heavy atom. The quantitative estimate of drug-likeness (QED) is 0.779. The summed E-state index contributed by atoms with van der Waals surface area (Å²) in [5.74, 6) is 0. The van der Waals surface area contributed by atoms with Gasteiger partial charge in [-0.1, -0.05) is 53.2 Å². The van der Waals surface area contributed by atoms with Crippen molar-refractivity contribution in [2.75, 3.05) is 0 Å². The third-order valence-corrected chi connectivity index (χ3v) is 3.25. The molecule has 0 aliphatic rings. The van der Waals surface area contributed by atoms with E-state index in [4.69, 9.17) is 16.9 Å². The van der Waals surface area contributed by atoms with E-state index < -0.39 is 0 Å². The maximum Gasteiger partial charge on any atom is 0.163 e. The van der Waals surface area contributed by atoms with Crippen molar-refractivity contribution in [2.24, 2.45) is 0 Å². The highest BCUT2D eigenvalue weighted by molar-refractivity contribution is 6.30. The van der Waals surface area contributed by atoms with Gasteiger partial charge in [-0.3, -0.25) is 0 Å². The third kappa shape index (κ3) is 2.15. The van der Waals surface area contributed by atoms with Crippen molar-refractivity contribution in [1.82, 2.24) is 15.4 Å². The highest BCUT2D eigenvalue weighted by atomic mass is 35.5. The van der Waals surface area contributed by atoms with Crippen LogP contribution in [0.25, 0.3) is 22.4 Å². The van der Waals surface area contributed by atoms with Gasteiger partial charge in [0.25, 0.3) is 0 Å². The molecule has 0 bridgehead atoms. The van der Waals surface area contributed by atoms with E-state index in [1.54, 1.807) is 0 Å². The molecule has 5 heteroatoms. The molecule has 0 saturated carbocycles. The van der Waals surface area contributed by atoms with Gasteiger partial charge < -0.3 is 0 Å². The molecular formula is C15H9ClN4. The molecule has 0 amide bonds. The fourth-order valence-corrected chi connectivity index (χ4v) is 2.19. The second-order valence-electron chi connectivity index (χ2n) is 4.20. The molecule has 0 atom stereocenters. The van der Waals surface area contributed by atoms with Crippen molar-refractivity contribution in [3.8, 4) is 28.5 Å². The molecule has 1 aromatic heterocycles. The van der Waals surface area contributed by atoms with Crippen LogP contribution in [-0.4, -0.2) is 15.4 Å². The number of benzene rings is 2. The van der Waals surface area contributed by atoms with Gasteiger partial charge in [-0.25, -0.2) is 5.10 Å². The Kier molecular flexibility index (Phi) is 3.20. The zero-order valence-electron chi connectivity index (χ0n) is 10.3. The van der Waals surface area contributed by atoms with Crippen LogP contribution in [0.1, 0.15) is 5.69 Å². The number of rotatable bonds is 2. The summed E-state index contributed by atoms with van der Waals surface area (Å²) in [7, 11) is 0. The van der Waals surface area contributed by atoms with Crippen LogP contribution in [0.2, 0.25) is 5.02 Å². The van der Waals surface area contributed by atoms with Gasteiger partial charge in [0, 0.05) is 10.6 Å². The summed E-state index contributed by atoms with van der Waals surface area (Å²) in [5, 5.41) is 20.1. The first-order valence-corrected chi connectivity index (χ1v) is 6.34. The van der Waals surface area contributed by atoms with E-state index in [2.05, 4.69) is 21.5 Å². The molecule has 0 aliphatic heterocycles. The van der Waals surface area contributed by atoms with Crippen molar-refractivity contribution in [2.45, 2.75) is 0 Å². The minimum Gasteiger partial charge on any atom is -0.247 e. The summed E-state index contributed by atoms with van der Waals surface area (Å²) in [5.41, 5.74) is 3.76. The number of nitrogens with one attached hydrogen (secondary N) is 1. The van der Waals surface area contributed by atoms with Crippen molar-refractivity contribution in [3.63, 3.8) is 0 Å². The normalized spacial score (nSPS) is 10.2. The van der Waals surface area contributed by atoms with Crippen LogP contribution in [-0.2, 0) is 0 Å². The molecule has 4 nitrogen and oxygen atoms in total. The monoisotopic (exact) mass is 280 g/mol. The molecule has 0 saturated heterocycles. The summed E-state index contributed by atoms with van der Waals surface area (Å²) in [6.07, 6.45) is 0. The lowest BCUT2D eigenvalue weighted by molar-refractivity contribution is 0.937. The van der Waals surface area contributed by atoms with E-state index in [0.29, 0.717) is 16.4 Å². The molecule has 0 unspecified atom stereocenters. The zero-order chi connectivity index (χ0) is 13.9. The van der Waals surface area contributed by atoms with Crippen LogP contribution in [0.5, 0.6) is 0 Å². The molecule has 3 rings (SSSR count). The maximum atomic E-state index is 9.09. The third-order valence-electron chi connectivity index (χ3n) is 3.00. The topological polar surface area (TPSA) is 65.4 Å². The number of halogens is 1. The van der Waals surface area contributed by atoms with Crippen molar-refractivity contribution >= 4 is 11.6 Å². The number of aromatic amines is 1. The van der Waals surface area contributed by atoms with Crippen molar-refractivity contribution < 1.29 is 0 Å². The fourth-order valence-electron chi connectivity index (χ4n) is 2.07. The number of hydrogen-bond acceptors (Lipinski definition) is 3. The van der Waals surface area contributed by atoms with E-state index in [-0.39, 0.29) is 0 Å². The number of hydrogen-bond donors (Lipinski definition) is 1. The number of H-pyrrole nitrogens is 1. The van der Waals surface area contributed by atoms with Crippen LogP contribution in [0.15, 0.2) is 48.5 Å². The Balaban J connectivity index is 2.19. The van der Waals surface area contributed by atoms with Gasteiger partial charge in [0.05, 0.1) is 0 Å². The van der Waals surface area contributed by atoms with E-state index in [1.807, 2.05) is 48.5 Å². The second-order valence-corrected chi connectivity index (χ2v) is 4.64. The van der Waals surface area contributed by atoms with Crippen LogP contribution < -0.4 is 0 Å². The van der Waals surface area contributed by atoms with Crippen molar-refractivity contribution in [3.05, 3.63) is 59.2 Å². The molecule has 0 fully saturated rings. The van der Waals surface area contributed by atoms with Gasteiger partial charge in [-0.2, -0.15) is 5.26 Å². The van der Waals surface area contributed by atoms with Gasteiger partial charge in [-0.05, 0) is 23.3 Å². The molecule has 1 N–H and O–H groups in total. The maximum absolute atomic E-state index is 9.09. The summed E-state index contributed by atoms with van der Waals surface area (Å²) >= 11 is 5.92. The predicted molar refractivity (Wildman–Crippen MR) is 77.0 cm³/mol. The molecule has 2 aromatic carbocycles. The number of nitriles is 1. The Morgan fingerprint density at radius 2 is 1.70 bits per heavy atom. The highest BCUT2D eigenvalue weighted by Gasteiger charge is 2.13. The number of aromatic nitrogens is 3. The first-order valence-electron chi connectivity index (χ1n) is 5.96. The zero-order valence-corrected chi connectivity index (χ0v) is 11.1. The summed E-state index contributed by atoms with van der Waals surface area (Å²) < 4.78 is 0. The first-order chi connectivity index (χ1) is 9.79. The highest BCUT2D eigenvalue weighted by Crippen LogP contribution is 2.32. The minimum atomic E-state index is 0.353. The van der Waals surface area contributed by atoms with Crippen LogP contribution >= 0.6 is 11.6 Å². The summed E-state index contributed by atoms with van der Waals surface area (Å²) in [6, 6.07) is 17.4. The van der Waals surface area contributed by atoms with Crippen LogP contribution in [0.4, 0.5) is 0 Å². The smallest absolute Gasteiger partial charge is 0.163 e. The average Bonchev–Trinajstić information content (AvgIpc) is 2.96. The molecular weight excluding hydrogens is 272 g/mol. The lowest BCUT2D eigenvalue weighted by Crippen LogP contribution is -1.87. The molecule has 0 aliphatic carbocycles. The Bertz CT molecular complexity index is 784. The molecule has 96 valence electrons. The van der Waals surface area contributed by atoms with E-state index in [9.17, 15) is 0 Å². The van der Waals surface area contributed by atoms with E-state index in [0.717, 1.165) is 16.7 Å². The molecule has 20 heavy (non-hydrogen) atoms. The largest absolute Gasteiger partial charge is 0.247 e. The molecule has 0 radical (unpaired) electrons. The van der Waals surface area contributed by atoms with E-state index in [1.165, 1.54) is 0 Å². The Morgan fingerprint density at radius 3 is 2.40 bits per heavy atom. The fraction of sp³-hybridized carbons (Fsp3) is 0. The van der Waals surface area contributed by atoms with Gasteiger partial charge >= 0.3 is 0 Å². The molecule has 0 spiro atoms. The predicted octanol–water partition coefficient (Wildman–Crippen LogP) is 3.66. The second kappa shape index (κ2) is 5.16. The average molecular weight is 281 g/mol. The Hall–Kier alpha value is -2.64. The van der Waals surface area contributed by atoms with E-state index >= 15 is 0 Å². The standard InChI is InChI=1S/C15H9ClN4/c16-11-7-5-10(6-8-11)12-3-1-2-4-13(12)15-14(9-17)18-20-19-15/h1-8H,(H,18,19,20). The first kappa shape index (κ1) is 12.4. The van der Waals surface area contributed by atoms with Gasteiger partial charge in [-0.15, -0.1) is 5.10 Å². The van der Waals surface area contributed by atoms with Gasteiger partial charge in [0.15, 0.2) is 5.69 Å². The minimum absolute atomic E-state index is 0.353.